The first kappa shape index (κ1) is 15.5. The third-order valence-corrected chi connectivity index (χ3v) is 1.87. The molecule has 0 bridgehead atoms. The van der Waals surface area contributed by atoms with Crippen LogP contribution in [-0.2, 0) is 4.74 Å². The molecule has 11 heteroatoms. The number of nitro groups is 1. The van der Waals surface area contributed by atoms with Crippen molar-refractivity contribution in [3.05, 3.63) is 22.0 Å². The van der Waals surface area contributed by atoms with Crippen LogP contribution in [-0.4, -0.2) is 34.0 Å². The van der Waals surface area contributed by atoms with Crippen LogP contribution in [0.4, 0.5) is 18.9 Å². The van der Waals surface area contributed by atoms with Gasteiger partial charge in [-0.3, -0.25) is 10.1 Å². The molecule has 0 amide bonds. The molecule has 0 saturated heterocycles. The Labute approximate surface area is 108 Å². The molecule has 1 N–H and O–H groups in total. The number of aromatic nitrogens is 1. The summed E-state index contributed by atoms with van der Waals surface area (Å²) in [5, 5.41) is 20.2. The van der Waals surface area contributed by atoms with Gasteiger partial charge in [-0.15, -0.1) is 13.2 Å². The number of hydrogen-bond acceptors (Lipinski definition) is 7. The van der Waals surface area contributed by atoms with Crippen molar-refractivity contribution in [1.29, 1.82) is 0 Å². The monoisotopic (exact) mass is 296 g/mol. The number of ether oxygens (including phenoxy) is 2. The van der Waals surface area contributed by atoms with Gasteiger partial charge in [-0.2, -0.15) is 0 Å². The number of aromatic hydroxyl groups is 1. The van der Waals surface area contributed by atoms with Crippen LogP contribution in [0.25, 0.3) is 0 Å². The van der Waals surface area contributed by atoms with Crippen LogP contribution in [0.1, 0.15) is 17.4 Å². The number of alkyl halides is 3. The largest absolute Gasteiger partial charge is 0.573 e. The minimum atomic E-state index is -5.22. The molecule has 1 heterocycles. The summed E-state index contributed by atoms with van der Waals surface area (Å²) in [6, 6.07) is 0. The molecule has 0 fully saturated rings. The van der Waals surface area contributed by atoms with Gasteiger partial charge in [-0.25, -0.2) is 9.78 Å². The number of rotatable bonds is 4. The molecule has 0 aliphatic carbocycles. The van der Waals surface area contributed by atoms with E-state index < -0.39 is 40.1 Å². The van der Waals surface area contributed by atoms with Crippen molar-refractivity contribution in [2.24, 2.45) is 0 Å². The molecule has 0 aliphatic rings. The molecule has 20 heavy (non-hydrogen) atoms. The average Bonchev–Trinajstić information content (AvgIpc) is 2.26. The number of carbonyl (C=O) groups is 1. The fourth-order valence-electron chi connectivity index (χ4n) is 1.20. The van der Waals surface area contributed by atoms with Crippen molar-refractivity contribution >= 4 is 11.7 Å². The van der Waals surface area contributed by atoms with Crippen LogP contribution in [0, 0.1) is 10.1 Å². The van der Waals surface area contributed by atoms with Gasteiger partial charge in [0.1, 0.15) is 0 Å². The number of carbonyl (C=O) groups excluding carboxylic acids is 1. The van der Waals surface area contributed by atoms with E-state index in [2.05, 4.69) is 14.5 Å². The summed E-state index contributed by atoms with van der Waals surface area (Å²) in [6.07, 6.45) is -4.91. The van der Waals surface area contributed by atoms with E-state index in [-0.39, 0.29) is 6.61 Å². The summed E-state index contributed by atoms with van der Waals surface area (Å²) >= 11 is 0. The lowest BCUT2D eigenvalue weighted by Crippen LogP contribution is -2.19. The summed E-state index contributed by atoms with van der Waals surface area (Å²) < 4.78 is 43.9. The zero-order valence-corrected chi connectivity index (χ0v) is 9.80. The van der Waals surface area contributed by atoms with Gasteiger partial charge in [0.05, 0.1) is 17.7 Å². The van der Waals surface area contributed by atoms with Gasteiger partial charge in [0.25, 0.3) is 0 Å². The quantitative estimate of drug-likeness (QED) is 0.512. The van der Waals surface area contributed by atoms with E-state index in [1.807, 2.05) is 0 Å². The molecule has 0 atom stereocenters. The summed E-state index contributed by atoms with van der Waals surface area (Å²) in [7, 11) is 0. The van der Waals surface area contributed by atoms with Crippen molar-refractivity contribution in [1.82, 2.24) is 4.98 Å². The molecule has 8 nitrogen and oxygen atoms in total. The highest BCUT2D eigenvalue weighted by Gasteiger charge is 2.37. The number of nitrogens with zero attached hydrogens (tertiary/aromatic N) is 2. The summed E-state index contributed by atoms with van der Waals surface area (Å²) in [5.74, 6) is -3.92. The van der Waals surface area contributed by atoms with E-state index in [1.54, 1.807) is 0 Å². The SMILES string of the molecule is CCOC(=O)c1ncc(OC(F)(F)F)c([N+](=O)[O-])c1O. The van der Waals surface area contributed by atoms with Crippen LogP contribution in [0.15, 0.2) is 6.20 Å². The van der Waals surface area contributed by atoms with Crippen LogP contribution in [0.2, 0.25) is 0 Å². The maximum atomic E-state index is 12.1. The van der Waals surface area contributed by atoms with Gasteiger partial charge < -0.3 is 14.6 Å². The molecule has 0 spiro atoms. The lowest BCUT2D eigenvalue weighted by Gasteiger charge is -2.10. The number of pyridine rings is 1. The third-order valence-electron chi connectivity index (χ3n) is 1.87. The zero-order chi connectivity index (χ0) is 15.5. The first-order chi connectivity index (χ1) is 9.17. The Morgan fingerprint density at radius 2 is 2.15 bits per heavy atom. The minimum absolute atomic E-state index is 0.117. The normalized spacial score (nSPS) is 11.0. The van der Waals surface area contributed by atoms with Crippen molar-refractivity contribution in [2.75, 3.05) is 6.61 Å². The standard InChI is InChI=1S/C9H7F3N2O6/c1-2-19-8(16)5-7(15)6(14(17)18)4(3-13-5)20-9(10,11)12/h3,15H,2H2,1H3. The minimum Gasteiger partial charge on any atom is -0.500 e. The van der Waals surface area contributed by atoms with E-state index in [1.165, 1.54) is 6.92 Å². The van der Waals surface area contributed by atoms with Gasteiger partial charge in [0.2, 0.25) is 11.5 Å². The Morgan fingerprint density at radius 3 is 2.60 bits per heavy atom. The second-order valence-electron chi connectivity index (χ2n) is 3.19. The maximum absolute atomic E-state index is 12.1. The van der Waals surface area contributed by atoms with E-state index in [0.29, 0.717) is 6.20 Å². The summed E-state index contributed by atoms with van der Waals surface area (Å²) in [5.41, 5.74) is -2.31. The lowest BCUT2D eigenvalue weighted by atomic mass is 10.2. The van der Waals surface area contributed by atoms with Crippen LogP contribution in [0.5, 0.6) is 11.5 Å². The predicted octanol–water partition coefficient (Wildman–Crippen LogP) is 1.77. The highest BCUT2D eigenvalue weighted by molar-refractivity contribution is 5.92. The van der Waals surface area contributed by atoms with Gasteiger partial charge in [-0.05, 0) is 6.92 Å². The first-order valence-corrected chi connectivity index (χ1v) is 4.96. The van der Waals surface area contributed by atoms with Crippen molar-refractivity contribution in [2.45, 2.75) is 13.3 Å². The number of hydrogen-bond donors (Lipinski definition) is 1. The van der Waals surface area contributed by atoms with Gasteiger partial charge in [-0.1, -0.05) is 0 Å². The molecular formula is C9H7F3N2O6. The van der Waals surface area contributed by atoms with Gasteiger partial charge >= 0.3 is 18.0 Å². The molecular weight excluding hydrogens is 289 g/mol. The molecule has 110 valence electrons. The van der Waals surface area contributed by atoms with E-state index in [0.717, 1.165) is 0 Å². The van der Waals surface area contributed by atoms with Crippen molar-refractivity contribution < 1.29 is 37.5 Å². The van der Waals surface area contributed by atoms with E-state index >= 15 is 0 Å². The second kappa shape index (κ2) is 5.59. The Bertz CT molecular complexity index is 545. The summed E-state index contributed by atoms with van der Waals surface area (Å²) in [4.78, 5) is 23.8. The summed E-state index contributed by atoms with van der Waals surface area (Å²) in [6.45, 7) is 1.30. The fraction of sp³-hybridized carbons (Fsp3) is 0.333. The molecule has 0 aromatic carbocycles. The fourth-order valence-corrected chi connectivity index (χ4v) is 1.20. The maximum Gasteiger partial charge on any atom is 0.573 e. The predicted molar refractivity (Wildman–Crippen MR) is 55.2 cm³/mol. The van der Waals surface area contributed by atoms with E-state index in [9.17, 15) is 33.2 Å². The average molecular weight is 296 g/mol. The van der Waals surface area contributed by atoms with Gasteiger partial charge in [0, 0.05) is 0 Å². The highest BCUT2D eigenvalue weighted by atomic mass is 19.4. The third kappa shape index (κ3) is 3.46. The lowest BCUT2D eigenvalue weighted by molar-refractivity contribution is -0.389. The Kier molecular flexibility index (Phi) is 4.32. The molecule has 0 aliphatic heterocycles. The van der Waals surface area contributed by atoms with E-state index in [4.69, 9.17) is 0 Å². The van der Waals surface area contributed by atoms with Gasteiger partial charge in [0.15, 0.2) is 5.69 Å². The topological polar surface area (TPSA) is 112 Å². The highest BCUT2D eigenvalue weighted by Crippen LogP contribution is 2.39. The Morgan fingerprint density at radius 1 is 1.55 bits per heavy atom. The molecule has 0 unspecified atom stereocenters. The second-order valence-corrected chi connectivity index (χ2v) is 3.19. The molecule has 1 aromatic rings. The number of esters is 1. The molecule has 0 radical (unpaired) electrons. The Hall–Kier alpha value is -2.59. The molecule has 1 rings (SSSR count). The molecule has 0 saturated carbocycles. The molecule has 1 aromatic heterocycles. The van der Waals surface area contributed by atoms with Crippen LogP contribution in [0.3, 0.4) is 0 Å². The first-order valence-electron chi connectivity index (χ1n) is 4.96. The smallest absolute Gasteiger partial charge is 0.500 e. The number of halogens is 3. The zero-order valence-electron chi connectivity index (χ0n) is 9.80. The van der Waals surface area contributed by atoms with Crippen LogP contribution < -0.4 is 4.74 Å². The van der Waals surface area contributed by atoms with Crippen molar-refractivity contribution in [3.63, 3.8) is 0 Å². The van der Waals surface area contributed by atoms with Crippen molar-refractivity contribution in [3.8, 4) is 11.5 Å². The van der Waals surface area contributed by atoms with Crippen LogP contribution >= 0.6 is 0 Å². The Balaban J connectivity index is 3.34.